The molecule has 1 saturated heterocycles. The van der Waals surface area contributed by atoms with E-state index in [-0.39, 0.29) is 11.5 Å². The van der Waals surface area contributed by atoms with E-state index in [1.807, 2.05) is 6.92 Å². The molecule has 6 nitrogen and oxygen atoms in total. The maximum atomic E-state index is 12.3. The van der Waals surface area contributed by atoms with E-state index in [0.717, 1.165) is 44.1 Å². The summed E-state index contributed by atoms with van der Waals surface area (Å²) in [5, 5.41) is 4.66. The zero-order valence-electron chi connectivity index (χ0n) is 14.2. The second-order valence-electron chi connectivity index (χ2n) is 7.01. The van der Waals surface area contributed by atoms with Gasteiger partial charge in [0, 0.05) is 25.6 Å². The average molecular weight is 325 g/mol. The largest absolute Gasteiger partial charge is 0.307 e. The third-order valence-corrected chi connectivity index (χ3v) is 5.16. The van der Waals surface area contributed by atoms with Crippen LogP contribution in [0.25, 0.3) is 5.52 Å². The first-order chi connectivity index (χ1) is 11.6. The SMILES string of the molecule is Cc1ncc2c(=O)[nH]c(C3CN(CC4=CC=CCC4)CC3C)nn12. The fraction of sp³-hybridized carbons (Fsp3) is 0.500. The molecular formula is C18H23N5O. The molecule has 6 heteroatoms. The van der Waals surface area contributed by atoms with Gasteiger partial charge in [-0.3, -0.25) is 9.69 Å². The lowest BCUT2D eigenvalue weighted by molar-refractivity contribution is 0.350. The summed E-state index contributed by atoms with van der Waals surface area (Å²) in [6, 6.07) is 0. The molecule has 1 N–H and O–H groups in total. The predicted molar refractivity (Wildman–Crippen MR) is 93.1 cm³/mol. The number of hydrogen-bond acceptors (Lipinski definition) is 4. The second-order valence-corrected chi connectivity index (χ2v) is 7.01. The Morgan fingerprint density at radius 3 is 3.04 bits per heavy atom. The van der Waals surface area contributed by atoms with Crippen molar-refractivity contribution in [3.8, 4) is 0 Å². The summed E-state index contributed by atoms with van der Waals surface area (Å²) in [7, 11) is 0. The Hall–Kier alpha value is -2.21. The highest BCUT2D eigenvalue weighted by atomic mass is 16.1. The number of nitrogens with zero attached hydrogens (tertiary/aromatic N) is 4. The van der Waals surface area contributed by atoms with Crippen LogP contribution in [0.1, 0.15) is 37.3 Å². The van der Waals surface area contributed by atoms with Crippen molar-refractivity contribution in [2.75, 3.05) is 19.6 Å². The van der Waals surface area contributed by atoms with Crippen LogP contribution in [-0.2, 0) is 0 Å². The third kappa shape index (κ3) is 2.71. The Kier molecular flexibility index (Phi) is 3.84. The van der Waals surface area contributed by atoms with Gasteiger partial charge in [-0.15, -0.1) is 0 Å². The van der Waals surface area contributed by atoms with E-state index >= 15 is 0 Å². The van der Waals surface area contributed by atoms with Crippen LogP contribution in [0.15, 0.2) is 34.8 Å². The predicted octanol–water partition coefficient (Wildman–Crippen LogP) is 2.04. The number of likely N-dealkylation sites (tertiary alicyclic amines) is 1. The summed E-state index contributed by atoms with van der Waals surface area (Å²) in [5.41, 5.74) is 1.90. The number of nitrogens with one attached hydrogen (secondary N) is 1. The van der Waals surface area contributed by atoms with Crippen LogP contribution in [0.2, 0.25) is 0 Å². The number of aromatic nitrogens is 4. The molecule has 2 atom stereocenters. The van der Waals surface area contributed by atoms with Gasteiger partial charge < -0.3 is 4.98 Å². The highest BCUT2D eigenvalue weighted by Gasteiger charge is 2.33. The van der Waals surface area contributed by atoms with Gasteiger partial charge in [0.2, 0.25) is 0 Å². The summed E-state index contributed by atoms with van der Waals surface area (Å²) in [4.78, 5) is 21.9. The molecule has 4 rings (SSSR count). The fourth-order valence-electron chi connectivity index (χ4n) is 3.82. The van der Waals surface area contributed by atoms with Crippen molar-refractivity contribution < 1.29 is 0 Å². The lowest BCUT2D eigenvalue weighted by Crippen LogP contribution is -2.25. The average Bonchev–Trinajstić information content (AvgIpc) is 3.12. The number of H-pyrrole nitrogens is 1. The molecule has 0 bridgehead atoms. The van der Waals surface area contributed by atoms with Crippen molar-refractivity contribution in [3.05, 3.63) is 52.0 Å². The van der Waals surface area contributed by atoms with Crippen molar-refractivity contribution >= 4 is 5.52 Å². The summed E-state index contributed by atoms with van der Waals surface area (Å²) in [6.45, 7) is 7.10. The van der Waals surface area contributed by atoms with Gasteiger partial charge in [0.05, 0.1) is 6.20 Å². The van der Waals surface area contributed by atoms with E-state index in [0.29, 0.717) is 11.4 Å². The van der Waals surface area contributed by atoms with E-state index in [9.17, 15) is 4.79 Å². The lowest BCUT2D eigenvalue weighted by atomic mass is 9.98. The zero-order chi connectivity index (χ0) is 16.7. The number of rotatable bonds is 3. The van der Waals surface area contributed by atoms with E-state index in [4.69, 9.17) is 0 Å². The maximum absolute atomic E-state index is 12.3. The molecule has 0 amide bonds. The summed E-state index contributed by atoms with van der Waals surface area (Å²) in [5.74, 6) is 2.25. The van der Waals surface area contributed by atoms with E-state index in [1.54, 1.807) is 10.7 Å². The summed E-state index contributed by atoms with van der Waals surface area (Å²) >= 11 is 0. The Morgan fingerprint density at radius 1 is 1.38 bits per heavy atom. The molecule has 2 aromatic rings. The standard InChI is InChI=1S/C18H23N5O/c1-12-9-22(10-14-6-4-3-5-7-14)11-15(12)17-20-18(24)16-8-19-13(2)23(16)21-17/h3-4,6,8,12,15H,5,7,9-11H2,1-2H3,(H,20,21,24). The fourth-order valence-corrected chi connectivity index (χ4v) is 3.82. The van der Waals surface area contributed by atoms with Crippen LogP contribution in [0.4, 0.5) is 0 Å². The van der Waals surface area contributed by atoms with Gasteiger partial charge >= 0.3 is 0 Å². The molecule has 1 aliphatic heterocycles. The minimum Gasteiger partial charge on any atom is -0.307 e. The van der Waals surface area contributed by atoms with Crippen LogP contribution in [0.3, 0.4) is 0 Å². The highest BCUT2D eigenvalue weighted by molar-refractivity contribution is 5.41. The number of hydrogen-bond donors (Lipinski definition) is 1. The Bertz CT molecular complexity index is 875. The van der Waals surface area contributed by atoms with Crippen LogP contribution >= 0.6 is 0 Å². The van der Waals surface area contributed by atoms with Gasteiger partial charge in [-0.05, 0) is 25.7 Å². The molecule has 2 aromatic heterocycles. The van der Waals surface area contributed by atoms with Crippen LogP contribution < -0.4 is 5.56 Å². The molecule has 2 aliphatic rings. The molecule has 24 heavy (non-hydrogen) atoms. The Labute approximate surface area is 140 Å². The third-order valence-electron chi connectivity index (χ3n) is 5.16. The Balaban J connectivity index is 1.58. The lowest BCUT2D eigenvalue weighted by Gasteiger charge is -2.19. The van der Waals surface area contributed by atoms with Crippen LogP contribution in [0.5, 0.6) is 0 Å². The quantitative estimate of drug-likeness (QED) is 0.938. The summed E-state index contributed by atoms with van der Waals surface area (Å²) in [6.07, 6.45) is 10.5. The van der Waals surface area contributed by atoms with Crippen molar-refractivity contribution in [1.29, 1.82) is 0 Å². The highest BCUT2D eigenvalue weighted by Crippen LogP contribution is 2.31. The molecule has 0 spiro atoms. The first-order valence-electron chi connectivity index (χ1n) is 8.63. The Morgan fingerprint density at radius 2 is 2.25 bits per heavy atom. The molecule has 2 unspecified atom stereocenters. The number of imidazole rings is 1. The molecule has 0 saturated carbocycles. The topological polar surface area (TPSA) is 66.3 Å². The van der Waals surface area contributed by atoms with E-state index in [2.05, 4.69) is 45.1 Å². The van der Waals surface area contributed by atoms with E-state index < -0.39 is 0 Å². The minimum atomic E-state index is -0.105. The number of aryl methyl sites for hydroxylation is 1. The van der Waals surface area contributed by atoms with Gasteiger partial charge in [0.1, 0.15) is 11.6 Å². The van der Waals surface area contributed by atoms with Crippen molar-refractivity contribution in [1.82, 2.24) is 24.5 Å². The normalized spacial score (nSPS) is 24.7. The molecular weight excluding hydrogens is 302 g/mol. The monoisotopic (exact) mass is 325 g/mol. The van der Waals surface area contributed by atoms with Gasteiger partial charge in [-0.1, -0.05) is 30.7 Å². The van der Waals surface area contributed by atoms with Crippen molar-refractivity contribution in [3.63, 3.8) is 0 Å². The first kappa shape index (κ1) is 15.3. The molecule has 1 aliphatic carbocycles. The van der Waals surface area contributed by atoms with E-state index in [1.165, 1.54) is 5.57 Å². The molecule has 0 aromatic carbocycles. The minimum absolute atomic E-state index is 0.105. The molecule has 126 valence electrons. The van der Waals surface area contributed by atoms with Crippen molar-refractivity contribution in [2.45, 2.75) is 32.6 Å². The van der Waals surface area contributed by atoms with Gasteiger partial charge in [0.25, 0.3) is 5.56 Å². The van der Waals surface area contributed by atoms with Gasteiger partial charge in [0.15, 0.2) is 5.52 Å². The van der Waals surface area contributed by atoms with Gasteiger partial charge in [-0.2, -0.15) is 5.10 Å². The second kappa shape index (κ2) is 6.02. The molecule has 0 radical (unpaired) electrons. The number of aromatic amines is 1. The van der Waals surface area contributed by atoms with Crippen LogP contribution in [0, 0.1) is 12.8 Å². The maximum Gasteiger partial charge on any atom is 0.276 e. The van der Waals surface area contributed by atoms with Crippen molar-refractivity contribution in [2.24, 2.45) is 5.92 Å². The smallest absolute Gasteiger partial charge is 0.276 e. The molecule has 1 fully saturated rings. The zero-order valence-corrected chi connectivity index (χ0v) is 14.2. The van der Waals surface area contributed by atoms with Crippen LogP contribution in [-0.4, -0.2) is 44.1 Å². The number of fused-ring (bicyclic) bond motifs is 1. The van der Waals surface area contributed by atoms with Gasteiger partial charge in [-0.25, -0.2) is 9.50 Å². The summed E-state index contributed by atoms with van der Waals surface area (Å²) < 4.78 is 1.66. The molecule has 3 heterocycles. The first-order valence-corrected chi connectivity index (χ1v) is 8.63. The number of allylic oxidation sites excluding steroid dienone is 3.